The van der Waals surface area contributed by atoms with Gasteiger partial charge in [-0.1, -0.05) is 51.5 Å². The summed E-state index contributed by atoms with van der Waals surface area (Å²) in [6.45, 7) is 10.3. The molecule has 1 unspecified atom stereocenters. The molecule has 1 N–H and O–H groups in total. The molecule has 2 rings (SSSR count). The van der Waals surface area contributed by atoms with Gasteiger partial charge in [0.2, 0.25) is 0 Å². The first-order valence-corrected chi connectivity index (χ1v) is 7.87. The molecule has 1 heteroatoms. The van der Waals surface area contributed by atoms with Crippen LogP contribution in [0.15, 0.2) is 24.3 Å². The number of hydrogen-bond donors (Lipinski definition) is 1. The van der Waals surface area contributed by atoms with Crippen molar-refractivity contribution in [3.63, 3.8) is 0 Å². The molecule has 0 heterocycles. The lowest BCUT2D eigenvalue weighted by Gasteiger charge is -2.35. The Labute approximate surface area is 118 Å². The summed E-state index contributed by atoms with van der Waals surface area (Å²) in [5.41, 5.74) is 3.44. The van der Waals surface area contributed by atoms with Gasteiger partial charge in [-0.15, -0.1) is 0 Å². The van der Waals surface area contributed by atoms with Crippen molar-refractivity contribution in [3.8, 4) is 0 Å². The Morgan fingerprint density at radius 2 is 1.95 bits per heavy atom. The van der Waals surface area contributed by atoms with Crippen molar-refractivity contribution in [3.05, 3.63) is 35.4 Å². The van der Waals surface area contributed by atoms with Gasteiger partial charge in [0.15, 0.2) is 0 Å². The van der Waals surface area contributed by atoms with Crippen LogP contribution < -0.4 is 5.32 Å². The zero-order valence-corrected chi connectivity index (χ0v) is 13.0. The molecule has 1 aromatic carbocycles. The average molecular weight is 259 g/mol. The first-order chi connectivity index (χ1) is 9.04. The van der Waals surface area contributed by atoms with Crippen molar-refractivity contribution in [2.24, 2.45) is 0 Å². The first-order valence-electron chi connectivity index (χ1n) is 7.87. The van der Waals surface area contributed by atoms with Crippen LogP contribution in [0.4, 0.5) is 0 Å². The van der Waals surface area contributed by atoms with Crippen LogP contribution in [0.25, 0.3) is 0 Å². The van der Waals surface area contributed by atoms with Gasteiger partial charge in [0.05, 0.1) is 0 Å². The third-order valence-electron chi connectivity index (χ3n) is 4.60. The predicted molar refractivity (Wildman–Crippen MR) is 83.8 cm³/mol. The van der Waals surface area contributed by atoms with Gasteiger partial charge < -0.3 is 5.32 Å². The third-order valence-corrected chi connectivity index (χ3v) is 4.60. The zero-order valence-electron chi connectivity index (χ0n) is 13.0. The van der Waals surface area contributed by atoms with Gasteiger partial charge in [-0.25, -0.2) is 0 Å². The van der Waals surface area contributed by atoms with Crippen molar-refractivity contribution >= 4 is 0 Å². The third kappa shape index (κ3) is 3.39. The minimum absolute atomic E-state index is 0.258. The van der Waals surface area contributed by atoms with E-state index in [-0.39, 0.29) is 5.41 Å². The van der Waals surface area contributed by atoms with Gasteiger partial charge in [0, 0.05) is 6.04 Å². The van der Waals surface area contributed by atoms with E-state index in [1.54, 1.807) is 11.1 Å². The van der Waals surface area contributed by atoms with E-state index in [1.165, 1.54) is 25.7 Å². The summed E-state index contributed by atoms with van der Waals surface area (Å²) in [6, 6.07) is 9.71. The summed E-state index contributed by atoms with van der Waals surface area (Å²) in [4.78, 5) is 0. The summed E-state index contributed by atoms with van der Waals surface area (Å²) in [5, 5.41) is 3.55. The average Bonchev–Trinajstić information content (AvgIpc) is 2.26. The SMILES string of the molecule is CCNC(C)CC(C)(C)c1ccccc1C1CCC1. The normalized spacial score (nSPS) is 18.1. The van der Waals surface area contributed by atoms with Crippen molar-refractivity contribution in [2.75, 3.05) is 6.54 Å². The largest absolute Gasteiger partial charge is 0.315 e. The monoisotopic (exact) mass is 259 g/mol. The Hall–Kier alpha value is -0.820. The van der Waals surface area contributed by atoms with E-state index in [0.717, 1.165) is 12.5 Å². The minimum Gasteiger partial charge on any atom is -0.315 e. The zero-order chi connectivity index (χ0) is 13.9. The quantitative estimate of drug-likeness (QED) is 0.786. The maximum atomic E-state index is 3.55. The van der Waals surface area contributed by atoms with Crippen LogP contribution in [0.2, 0.25) is 0 Å². The van der Waals surface area contributed by atoms with Crippen LogP contribution in [-0.4, -0.2) is 12.6 Å². The van der Waals surface area contributed by atoms with Crippen LogP contribution in [-0.2, 0) is 5.41 Å². The maximum absolute atomic E-state index is 3.55. The number of rotatable bonds is 6. The fourth-order valence-corrected chi connectivity index (χ4v) is 3.48. The summed E-state index contributed by atoms with van der Waals surface area (Å²) < 4.78 is 0. The highest BCUT2D eigenvalue weighted by Crippen LogP contribution is 2.42. The lowest BCUT2D eigenvalue weighted by Crippen LogP contribution is -2.34. The topological polar surface area (TPSA) is 12.0 Å². The van der Waals surface area contributed by atoms with E-state index in [2.05, 4.69) is 57.3 Å². The lowest BCUT2D eigenvalue weighted by atomic mass is 9.70. The molecule has 0 bridgehead atoms. The minimum atomic E-state index is 0.258. The van der Waals surface area contributed by atoms with E-state index >= 15 is 0 Å². The first kappa shape index (κ1) is 14.6. The van der Waals surface area contributed by atoms with E-state index in [0.29, 0.717) is 6.04 Å². The van der Waals surface area contributed by atoms with Gasteiger partial charge in [-0.05, 0) is 55.2 Å². The second-order valence-electron chi connectivity index (χ2n) is 6.76. The van der Waals surface area contributed by atoms with E-state index in [4.69, 9.17) is 0 Å². The van der Waals surface area contributed by atoms with E-state index in [1.807, 2.05) is 0 Å². The summed E-state index contributed by atoms with van der Waals surface area (Å²) in [5.74, 6) is 0.824. The highest BCUT2D eigenvalue weighted by molar-refractivity contribution is 5.37. The molecule has 0 aliphatic heterocycles. The number of benzene rings is 1. The molecule has 1 aliphatic carbocycles. The summed E-state index contributed by atoms with van der Waals surface area (Å²) in [6.07, 6.45) is 5.38. The molecule has 0 spiro atoms. The van der Waals surface area contributed by atoms with Crippen molar-refractivity contribution in [2.45, 2.75) is 70.8 Å². The molecular formula is C18H29N. The highest BCUT2D eigenvalue weighted by atomic mass is 14.9. The Balaban J connectivity index is 2.19. The van der Waals surface area contributed by atoms with Crippen molar-refractivity contribution in [1.29, 1.82) is 0 Å². The molecular weight excluding hydrogens is 230 g/mol. The van der Waals surface area contributed by atoms with Gasteiger partial charge in [-0.2, -0.15) is 0 Å². The van der Waals surface area contributed by atoms with Gasteiger partial charge >= 0.3 is 0 Å². The van der Waals surface area contributed by atoms with Crippen molar-refractivity contribution < 1.29 is 0 Å². The summed E-state index contributed by atoms with van der Waals surface area (Å²) >= 11 is 0. The molecule has 1 atom stereocenters. The molecule has 0 radical (unpaired) electrons. The standard InChI is InChI=1S/C18H29N/c1-5-19-14(2)13-18(3,4)17-12-7-6-11-16(17)15-9-8-10-15/h6-7,11-12,14-15,19H,5,8-10,13H2,1-4H3. The molecule has 106 valence electrons. The van der Waals surface area contributed by atoms with E-state index in [9.17, 15) is 0 Å². The fraction of sp³-hybridized carbons (Fsp3) is 0.667. The van der Waals surface area contributed by atoms with Crippen LogP contribution in [0.5, 0.6) is 0 Å². The highest BCUT2D eigenvalue weighted by Gasteiger charge is 2.29. The predicted octanol–water partition coefficient (Wildman–Crippen LogP) is 4.62. The Morgan fingerprint density at radius 1 is 1.26 bits per heavy atom. The molecule has 0 amide bonds. The Kier molecular flexibility index (Phi) is 4.67. The van der Waals surface area contributed by atoms with Gasteiger partial charge in [0.25, 0.3) is 0 Å². The maximum Gasteiger partial charge on any atom is 0.00468 e. The molecule has 1 nitrogen and oxygen atoms in total. The lowest BCUT2D eigenvalue weighted by molar-refractivity contribution is 0.374. The number of nitrogens with one attached hydrogen (secondary N) is 1. The molecule has 1 saturated carbocycles. The fourth-order valence-electron chi connectivity index (χ4n) is 3.48. The van der Waals surface area contributed by atoms with Gasteiger partial charge in [-0.3, -0.25) is 0 Å². The summed E-state index contributed by atoms with van der Waals surface area (Å²) in [7, 11) is 0. The molecule has 1 fully saturated rings. The van der Waals surface area contributed by atoms with Crippen LogP contribution in [0.3, 0.4) is 0 Å². The molecule has 1 aliphatic rings. The molecule has 1 aromatic rings. The van der Waals surface area contributed by atoms with Crippen LogP contribution in [0, 0.1) is 0 Å². The smallest absolute Gasteiger partial charge is 0.00468 e. The van der Waals surface area contributed by atoms with Crippen LogP contribution in [0.1, 0.15) is 70.4 Å². The second kappa shape index (κ2) is 6.09. The Morgan fingerprint density at radius 3 is 2.53 bits per heavy atom. The number of hydrogen-bond acceptors (Lipinski definition) is 1. The van der Waals surface area contributed by atoms with Crippen LogP contribution >= 0.6 is 0 Å². The molecule has 0 saturated heterocycles. The van der Waals surface area contributed by atoms with E-state index < -0.39 is 0 Å². The Bertz CT molecular complexity index is 404. The van der Waals surface area contributed by atoms with Gasteiger partial charge in [0.1, 0.15) is 0 Å². The van der Waals surface area contributed by atoms with Crippen molar-refractivity contribution in [1.82, 2.24) is 5.32 Å². The molecule has 0 aromatic heterocycles. The second-order valence-corrected chi connectivity index (χ2v) is 6.76. The molecule has 19 heavy (non-hydrogen) atoms.